The Morgan fingerprint density at radius 1 is 0.885 bits per heavy atom. The third kappa shape index (κ3) is 3.94. The highest BCUT2D eigenvalue weighted by Gasteiger charge is 2.07. The molecule has 0 saturated heterocycles. The third-order valence-electron chi connectivity index (χ3n) is 3.91. The van der Waals surface area contributed by atoms with Crippen molar-refractivity contribution in [3.05, 3.63) is 84.5 Å². The SMILES string of the molecule is c1ccc(CCc2noc(COc3ccc(-n4cnnc4)cc3)n2)cc1. The topological polar surface area (TPSA) is 78.9 Å². The van der Waals surface area contributed by atoms with Crippen LogP contribution in [-0.2, 0) is 19.4 Å². The molecular formula is C19H17N5O2. The first-order valence-corrected chi connectivity index (χ1v) is 8.30. The quantitative estimate of drug-likeness (QED) is 0.511. The fourth-order valence-electron chi connectivity index (χ4n) is 2.54. The fourth-order valence-corrected chi connectivity index (χ4v) is 2.54. The molecule has 0 radical (unpaired) electrons. The Bertz CT molecular complexity index is 934. The minimum absolute atomic E-state index is 0.240. The van der Waals surface area contributed by atoms with Gasteiger partial charge in [-0.25, -0.2) is 0 Å². The molecule has 0 unspecified atom stereocenters. The predicted molar refractivity (Wildman–Crippen MR) is 93.8 cm³/mol. The first-order valence-electron chi connectivity index (χ1n) is 8.30. The van der Waals surface area contributed by atoms with E-state index in [-0.39, 0.29) is 6.61 Å². The monoisotopic (exact) mass is 347 g/mol. The van der Waals surface area contributed by atoms with Gasteiger partial charge >= 0.3 is 0 Å². The van der Waals surface area contributed by atoms with Gasteiger partial charge in [0.15, 0.2) is 12.4 Å². The van der Waals surface area contributed by atoms with E-state index in [1.165, 1.54) is 5.56 Å². The summed E-state index contributed by atoms with van der Waals surface area (Å²) >= 11 is 0. The lowest BCUT2D eigenvalue weighted by atomic mass is 10.1. The van der Waals surface area contributed by atoms with Crippen LogP contribution in [0.3, 0.4) is 0 Å². The number of aromatic nitrogens is 5. The van der Waals surface area contributed by atoms with E-state index >= 15 is 0 Å². The molecule has 7 nitrogen and oxygen atoms in total. The van der Waals surface area contributed by atoms with Gasteiger partial charge in [0.25, 0.3) is 5.89 Å². The Kier molecular flexibility index (Phi) is 4.68. The number of aryl methyl sites for hydroxylation is 2. The second-order valence-corrected chi connectivity index (χ2v) is 5.74. The first-order chi connectivity index (χ1) is 12.9. The molecule has 0 amide bonds. The summed E-state index contributed by atoms with van der Waals surface area (Å²) in [5.41, 5.74) is 2.21. The van der Waals surface area contributed by atoms with Crippen molar-refractivity contribution in [3.63, 3.8) is 0 Å². The second-order valence-electron chi connectivity index (χ2n) is 5.74. The molecule has 0 N–H and O–H groups in total. The molecule has 4 aromatic rings. The number of hydrogen-bond acceptors (Lipinski definition) is 6. The molecule has 26 heavy (non-hydrogen) atoms. The maximum absolute atomic E-state index is 5.70. The van der Waals surface area contributed by atoms with Crippen LogP contribution >= 0.6 is 0 Å². The smallest absolute Gasteiger partial charge is 0.264 e. The van der Waals surface area contributed by atoms with Crippen molar-refractivity contribution >= 4 is 0 Å². The van der Waals surface area contributed by atoms with E-state index in [0.29, 0.717) is 11.7 Å². The molecule has 0 saturated carbocycles. The average Bonchev–Trinajstić information content (AvgIpc) is 3.38. The zero-order chi connectivity index (χ0) is 17.6. The number of nitrogens with zero attached hydrogens (tertiary/aromatic N) is 5. The van der Waals surface area contributed by atoms with Gasteiger partial charge in [-0.1, -0.05) is 35.5 Å². The third-order valence-corrected chi connectivity index (χ3v) is 3.91. The summed E-state index contributed by atoms with van der Waals surface area (Å²) in [5, 5.41) is 11.6. The van der Waals surface area contributed by atoms with E-state index in [1.807, 2.05) is 47.0 Å². The summed E-state index contributed by atoms with van der Waals surface area (Å²) in [6.45, 7) is 0.240. The number of ether oxygens (including phenoxy) is 1. The number of benzene rings is 2. The highest BCUT2D eigenvalue weighted by molar-refractivity contribution is 5.36. The summed E-state index contributed by atoms with van der Waals surface area (Å²) in [7, 11) is 0. The van der Waals surface area contributed by atoms with Gasteiger partial charge in [0.2, 0.25) is 0 Å². The number of hydrogen-bond donors (Lipinski definition) is 0. The van der Waals surface area contributed by atoms with Gasteiger partial charge in [-0.05, 0) is 36.2 Å². The maximum atomic E-state index is 5.70. The van der Waals surface area contributed by atoms with Crippen LogP contribution in [0.4, 0.5) is 0 Å². The molecule has 130 valence electrons. The summed E-state index contributed by atoms with van der Waals surface area (Å²) in [6.07, 6.45) is 4.91. The molecule has 0 spiro atoms. The molecule has 0 aliphatic carbocycles. The van der Waals surface area contributed by atoms with Crippen LogP contribution in [0.2, 0.25) is 0 Å². The van der Waals surface area contributed by atoms with Gasteiger partial charge in [0, 0.05) is 12.1 Å². The van der Waals surface area contributed by atoms with Gasteiger partial charge in [-0.3, -0.25) is 4.57 Å². The first kappa shape index (κ1) is 16.0. The maximum Gasteiger partial charge on any atom is 0.264 e. The highest BCUT2D eigenvalue weighted by atomic mass is 16.5. The molecule has 0 bridgehead atoms. The normalized spacial score (nSPS) is 10.8. The van der Waals surface area contributed by atoms with Gasteiger partial charge in [0.1, 0.15) is 18.4 Å². The lowest BCUT2D eigenvalue weighted by molar-refractivity contribution is 0.242. The average molecular weight is 347 g/mol. The van der Waals surface area contributed by atoms with Gasteiger partial charge in [-0.15, -0.1) is 10.2 Å². The minimum atomic E-state index is 0.240. The second kappa shape index (κ2) is 7.60. The van der Waals surface area contributed by atoms with Gasteiger partial charge < -0.3 is 9.26 Å². The summed E-state index contributed by atoms with van der Waals surface area (Å²) < 4.78 is 12.8. The van der Waals surface area contributed by atoms with Gasteiger partial charge in [-0.2, -0.15) is 4.98 Å². The van der Waals surface area contributed by atoms with Crippen molar-refractivity contribution in [2.45, 2.75) is 19.4 Å². The molecular weight excluding hydrogens is 330 g/mol. The lowest BCUT2D eigenvalue weighted by Crippen LogP contribution is -1.98. The van der Waals surface area contributed by atoms with Gasteiger partial charge in [0.05, 0.1) is 0 Å². The Balaban J connectivity index is 1.30. The fraction of sp³-hybridized carbons (Fsp3) is 0.158. The Hall–Kier alpha value is -3.48. The van der Waals surface area contributed by atoms with Crippen LogP contribution in [0.5, 0.6) is 5.75 Å². The highest BCUT2D eigenvalue weighted by Crippen LogP contribution is 2.16. The molecule has 2 heterocycles. The van der Waals surface area contributed by atoms with E-state index < -0.39 is 0 Å². The van der Waals surface area contributed by atoms with Crippen molar-refractivity contribution in [1.82, 2.24) is 24.9 Å². The molecule has 4 rings (SSSR count). The van der Waals surface area contributed by atoms with Crippen LogP contribution in [0.25, 0.3) is 5.69 Å². The largest absolute Gasteiger partial charge is 0.484 e. The predicted octanol–water partition coefficient (Wildman–Crippen LogP) is 3.01. The molecule has 7 heteroatoms. The van der Waals surface area contributed by atoms with Crippen LogP contribution in [-0.4, -0.2) is 24.9 Å². The summed E-state index contributed by atoms with van der Waals surface area (Å²) in [5.74, 6) is 1.89. The summed E-state index contributed by atoms with van der Waals surface area (Å²) in [4.78, 5) is 4.38. The minimum Gasteiger partial charge on any atom is -0.484 e. The van der Waals surface area contributed by atoms with Crippen molar-refractivity contribution in [1.29, 1.82) is 0 Å². The van der Waals surface area contributed by atoms with Crippen molar-refractivity contribution in [2.24, 2.45) is 0 Å². The molecule has 0 fully saturated rings. The van der Waals surface area contributed by atoms with E-state index in [2.05, 4.69) is 32.5 Å². The molecule has 0 aliphatic rings. The Labute approximate surface area is 150 Å². The Morgan fingerprint density at radius 3 is 2.42 bits per heavy atom. The number of rotatable bonds is 7. The standard InChI is InChI=1S/C19H17N5O2/c1-2-4-15(5-3-1)6-11-18-22-19(26-23-18)12-25-17-9-7-16(8-10-17)24-13-20-21-14-24/h1-5,7-10,13-14H,6,11-12H2. The molecule has 0 atom stereocenters. The van der Waals surface area contributed by atoms with E-state index in [0.717, 1.165) is 24.3 Å². The van der Waals surface area contributed by atoms with Crippen LogP contribution < -0.4 is 4.74 Å². The zero-order valence-electron chi connectivity index (χ0n) is 14.0. The van der Waals surface area contributed by atoms with Crippen molar-refractivity contribution in [3.8, 4) is 11.4 Å². The van der Waals surface area contributed by atoms with E-state index in [1.54, 1.807) is 12.7 Å². The van der Waals surface area contributed by atoms with E-state index in [9.17, 15) is 0 Å². The lowest BCUT2D eigenvalue weighted by Gasteiger charge is -2.05. The van der Waals surface area contributed by atoms with Crippen LogP contribution in [0, 0.1) is 0 Å². The summed E-state index contributed by atoms with van der Waals surface area (Å²) in [6, 6.07) is 17.9. The van der Waals surface area contributed by atoms with Crippen molar-refractivity contribution in [2.75, 3.05) is 0 Å². The van der Waals surface area contributed by atoms with Crippen LogP contribution in [0.1, 0.15) is 17.3 Å². The van der Waals surface area contributed by atoms with E-state index in [4.69, 9.17) is 9.26 Å². The zero-order valence-corrected chi connectivity index (χ0v) is 14.0. The molecule has 2 aromatic heterocycles. The van der Waals surface area contributed by atoms with Crippen LogP contribution in [0.15, 0.2) is 71.8 Å². The molecule has 2 aromatic carbocycles. The Morgan fingerprint density at radius 2 is 1.65 bits per heavy atom. The molecule has 0 aliphatic heterocycles. The van der Waals surface area contributed by atoms with Crippen molar-refractivity contribution < 1.29 is 9.26 Å².